The number of aryl methyl sites for hydroxylation is 2. The molecule has 0 atom stereocenters. The Morgan fingerprint density at radius 1 is 1.75 bits per heavy atom. The number of hydrogen-bond acceptors (Lipinski definition) is 2. The number of aromatic nitrogens is 2. The van der Waals surface area contributed by atoms with Crippen LogP contribution < -0.4 is 5.32 Å². The summed E-state index contributed by atoms with van der Waals surface area (Å²) in [6.07, 6.45) is 3.53. The van der Waals surface area contributed by atoms with Gasteiger partial charge in [0.2, 0.25) is 6.41 Å². The molecule has 1 heterocycles. The van der Waals surface area contributed by atoms with Crippen LogP contribution in [-0.2, 0) is 24.8 Å². The van der Waals surface area contributed by atoms with Gasteiger partial charge in [-0.15, -0.1) is 0 Å². The molecule has 0 saturated carbocycles. The maximum absolute atomic E-state index is 10.0. The highest BCUT2D eigenvalue weighted by molar-refractivity contribution is 5.46. The van der Waals surface area contributed by atoms with E-state index in [0.29, 0.717) is 13.0 Å². The smallest absolute Gasteiger partial charge is 0.207 e. The van der Waals surface area contributed by atoms with Gasteiger partial charge in [-0.3, -0.25) is 9.48 Å². The Morgan fingerprint density at radius 2 is 2.50 bits per heavy atom. The molecule has 0 aliphatic rings. The van der Waals surface area contributed by atoms with Crippen molar-refractivity contribution in [2.24, 2.45) is 7.05 Å². The highest BCUT2D eigenvalue weighted by Crippen LogP contribution is 2.05. The van der Waals surface area contributed by atoms with Crippen molar-refractivity contribution in [2.75, 3.05) is 0 Å². The van der Waals surface area contributed by atoms with Crippen LogP contribution in [0.2, 0.25) is 0 Å². The zero-order valence-corrected chi connectivity index (χ0v) is 7.37. The third-order valence-corrected chi connectivity index (χ3v) is 1.70. The van der Waals surface area contributed by atoms with Crippen LogP contribution in [-0.4, -0.2) is 16.2 Å². The van der Waals surface area contributed by atoms with E-state index in [1.165, 1.54) is 0 Å². The number of rotatable bonds is 4. The summed E-state index contributed by atoms with van der Waals surface area (Å²) >= 11 is 0. The largest absolute Gasteiger partial charge is 0.354 e. The lowest BCUT2D eigenvalue weighted by atomic mass is 10.2. The quantitative estimate of drug-likeness (QED) is 0.652. The molecule has 0 unspecified atom stereocenters. The molecule has 0 saturated heterocycles. The Balaban J connectivity index is 2.74. The number of carbonyl (C=O) groups is 1. The fourth-order valence-corrected chi connectivity index (χ4v) is 1.18. The molecule has 0 aliphatic carbocycles. The van der Waals surface area contributed by atoms with E-state index in [-0.39, 0.29) is 0 Å². The maximum Gasteiger partial charge on any atom is 0.207 e. The minimum atomic E-state index is 0.570. The summed E-state index contributed by atoms with van der Waals surface area (Å²) in [5.41, 5.74) is 2.14. The Bertz CT molecular complexity index is 267. The predicted octanol–water partition coefficient (Wildman–Crippen LogP) is 0.228. The normalized spacial score (nSPS) is 9.83. The Morgan fingerprint density at radius 3 is 3.08 bits per heavy atom. The van der Waals surface area contributed by atoms with Crippen molar-refractivity contribution in [1.29, 1.82) is 0 Å². The van der Waals surface area contributed by atoms with Gasteiger partial charge in [0.25, 0.3) is 0 Å². The second-order valence-electron chi connectivity index (χ2n) is 2.63. The molecule has 1 aromatic heterocycles. The first kappa shape index (κ1) is 8.77. The molecule has 0 bridgehead atoms. The van der Waals surface area contributed by atoms with Crippen LogP contribution in [0.1, 0.15) is 18.2 Å². The average Bonchev–Trinajstić information content (AvgIpc) is 2.42. The minimum absolute atomic E-state index is 0.570. The lowest BCUT2D eigenvalue weighted by Gasteiger charge is -1.96. The summed E-state index contributed by atoms with van der Waals surface area (Å²) in [5.74, 6) is 0. The van der Waals surface area contributed by atoms with E-state index in [2.05, 4.69) is 10.4 Å². The first-order valence-corrected chi connectivity index (χ1v) is 3.96. The number of hydrogen-bond donors (Lipinski definition) is 1. The van der Waals surface area contributed by atoms with Gasteiger partial charge in [0.15, 0.2) is 0 Å². The summed E-state index contributed by atoms with van der Waals surface area (Å²) in [5, 5.41) is 6.86. The highest BCUT2D eigenvalue weighted by atomic mass is 16.1. The van der Waals surface area contributed by atoms with E-state index in [9.17, 15) is 4.79 Å². The topological polar surface area (TPSA) is 46.9 Å². The van der Waals surface area contributed by atoms with Crippen LogP contribution in [0.25, 0.3) is 0 Å². The molecule has 0 spiro atoms. The Hall–Kier alpha value is -1.32. The van der Waals surface area contributed by atoms with Crippen molar-refractivity contribution in [3.05, 3.63) is 17.5 Å². The number of nitrogens with one attached hydrogen (secondary N) is 1. The maximum atomic E-state index is 10.0. The van der Waals surface area contributed by atoms with Crippen molar-refractivity contribution in [2.45, 2.75) is 19.9 Å². The Labute approximate surface area is 71.6 Å². The predicted molar refractivity (Wildman–Crippen MR) is 45.5 cm³/mol. The minimum Gasteiger partial charge on any atom is -0.354 e. The van der Waals surface area contributed by atoms with Crippen LogP contribution in [0.4, 0.5) is 0 Å². The zero-order valence-electron chi connectivity index (χ0n) is 7.37. The average molecular weight is 167 g/mol. The summed E-state index contributed by atoms with van der Waals surface area (Å²) in [6.45, 7) is 2.62. The van der Waals surface area contributed by atoms with E-state index in [1.54, 1.807) is 4.68 Å². The molecule has 4 heteroatoms. The van der Waals surface area contributed by atoms with Gasteiger partial charge in [-0.2, -0.15) is 5.10 Å². The fourth-order valence-electron chi connectivity index (χ4n) is 1.18. The van der Waals surface area contributed by atoms with Crippen LogP contribution in [0.3, 0.4) is 0 Å². The molecule has 4 nitrogen and oxygen atoms in total. The monoisotopic (exact) mass is 167 g/mol. The van der Waals surface area contributed by atoms with Crippen LogP contribution >= 0.6 is 0 Å². The lowest BCUT2D eigenvalue weighted by molar-refractivity contribution is -0.109. The van der Waals surface area contributed by atoms with Crippen molar-refractivity contribution in [3.63, 3.8) is 0 Å². The number of amides is 1. The molecule has 1 amide bonds. The van der Waals surface area contributed by atoms with E-state index in [4.69, 9.17) is 0 Å². The van der Waals surface area contributed by atoms with Crippen molar-refractivity contribution < 1.29 is 4.79 Å². The lowest BCUT2D eigenvalue weighted by Crippen LogP contribution is -2.10. The van der Waals surface area contributed by atoms with Gasteiger partial charge in [-0.1, -0.05) is 6.92 Å². The molecular weight excluding hydrogens is 154 g/mol. The van der Waals surface area contributed by atoms with Crippen molar-refractivity contribution >= 4 is 6.41 Å². The summed E-state index contributed by atoms with van der Waals surface area (Å²) in [4.78, 5) is 10.0. The van der Waals surface area contributed by atoms with Gasteiger partial charge in [0.1, 0.15) is 0 Å². The third kappa shape index (κ3) is 1.84. The van der Waals surface area contributed by atoms with Gasteiger partial charge < -0.3 is 5.32 Å². The van der Waals surface area contributed by atoms with E-state index in [1.807, 2.05) is 20.2 Å². The molecule has 0 aliphatic heterocycles. The van der Waals surface area contributed by atoms with Gasteiger partial charge >= 0.3 is 0 Å². The Kier molecular flexibility index (Phi) is 2.85. The van der Waals surface area contributed by atoms with Gasteiger partial charge in [0.05, 0.1) is 5.69 Å². The molecular formula is C8H13N3O. The van der Waals surface area contributed by atoms with Gasteiger partial charge in [-0.05, 0) is 6.42 Å². The van der Waals surface area contributed by atoms with Crippen LogP contribution in [0.15, 0.2) is 6.20 Å². The molecule has 66 valence electrons. The molecule has 1 rings (SSSR count). The van der Waals surface area contributed by atoms with Gasteiger partial charge in [-0.25, -0.2) is 0 Å². The van der Waals surface area contributed by atoms with Crippen LogP contribution in [0.5, 0.6) is 0 Å². The summed E-state index contributed by atoms with van der Waals surface area (Å²) in [6, 6.07) is 0. The molecule has 1 N–H and O–H groups in total. The molecule has 0 fully saturated rings. The van der Waals surface area contributed by atoms with E-state index < -0.39 is 0 Å². The van der Waals surface area contributed by atoms with Crippen molar-refractivity contribution in [3.8, 4) is 0 Å². The van der Waals surface area contributed by atoms with Crippen molar-refractivity contribution in [1.82, 2.24) is 15.1 Å². The number of nitrogens with zero attached hydrogens (tertiary/aromatic N) is 2. The fraction of sp³-hybridized carbons (Fsp3) is 0.500. The first-order chi connectivity index (χ1) is 5.77. The third-order valence-electron chi connectivity index (χ3n) is 1.70. The van der Waals surface area contributed by atoms with Crippen LogP contribution in [0, 0.1) is 0 Å². The second kappa shape index (κ2) is 3.90. The first-order valence-electron chi connectivity index (χ1n) is 3.96. The second-order valence-corrected chi connectivity index (χ2v) is 2.63. The molecule has 0 radical (unpaired) electrons. The molecule has 1 aromatic rings. The zero-order chi connectivity index (χ0) is 8.97. The van der Waals surface area contributed by atoms with E-state index >= 15 is 0 Å². The number of carbonyl (C=O) groups excluding carboxylic acids is 1. The summed E-state index contributed by atoms with van der Waals surface area (Å²) < 4.78 is 1.76. The molecule has 0 aromatic carbocycles. The molecule has 12 heavy (non-hydrogen) atoms. The SMILES string of the molecule is CCc1nn(C)cc1CNC=O. The van der Waals surface area contributed by atoms with Gasteiger partial charge in [0, 0.05) is 25.4 Å². The standard InChI is InChI=1S/C8H13N3O/c1-3-8-7(4-9-6-12)5-11(2)10-8/h5-6H,3-4H2,1-2H3,(H,9,12). The summed E-state index contributed by atoms with van der Waals surface area (Å²) in [7, 11) is 1.88. The van der Waals surface area contributed by atoms with E-state index in [0.717, 1.165) is 17.7 Å². The highest BCUT2D eigenvalue weighted by Gasteiger charge is 2.03.